The minimum atomic E-state index is -0.807. The SMILES string of the molecule is COC(=O)c1ccc(C2C(C(=O)OCC(C)C)=C(C)N=c3sc(=Cc4cn(-c5ccccc5)nc4-c4cccs4)c(=O)n32)cc1. The van der Waals surface area contributed by atoms with E-state index < -0.39 is 18.0 Å². The molecule has 4 heterocycles. The lowest BCUT2D eigenvalue weighted by Crippen LogP contribution is -2.40. The van der Waals surface area contributed by atoms with E-state index in [1.807, 2.05) is 74.0 Å². The molecule has 0 saturated carbocycles. The zero-order valence-electron chi connectivity index (χ0n) is 25.1. The Balaban J connectivity index is 1.51. The van der Waals surface area contributed by atoms with Crippen LogP contribution in [0.15, 0.2) is 99.4 Å². The van der Waals surface area contributed by atoms with Crippen LogP contribution in [-0.4, -0.2) is 40.0 Å². The molecule has 0 amide bonds. The number of carbonyl (C=O) groups is 2. The second kappa shape index (κ2) is 12.6. The molecule has 3 aromatic heterocycles. The largest absolute Gasteiger partial charge is 0.465 e. The molecule has 228 valence electrons. The average Bonchev–Trinajstić information content (AvgIpc) is 3.79. The number of methoxy groups -OCH3 is 1. The normalized spacial score (nSPS) is 14.8. The van der Waals surface area contributed by atoms with Gasteiger partial charge in [0.2, 0.25) is 0 Å². The topological polar surface area (TPSA) is 105 Å². The summed E-state index contributed by atoms with van der Waals surface area (Å²) in [5, 5.41) is 6.85. The first kappa shape index (κ1) is 30.2. The summed E-state index contributed by atoms with van der Waals surface area (Å²) < 4.78 is 14.3. The quantitative estimate of drug-likeness (QED) is 0.218. The van der Waals surface area contributed by atoms with Crippen molar-refractivity contribution in [2.75, 3.05) is 13.7 Å². The van der Waals surface area contributed by atoms with Gasteiger partial charge < -0.3 is 9.47 Å². The number of hydrogen-bond acceptors (Lipinski definition) is 9. The first-order valence-corrected chi connectivity index (χ1v) is 16.0. The van der Waals surface area contributed by atoms with Crippen molar-refractivity contribution in [2.24, 2.45) is 10.9 Å². The van der Waals surface area contributed by atoms with Crippen LogP contribution in [0.3, 0.4) is 0 Å². The number of esters is 2. The number of nitrogens with zero attached hydrogens (tertiary/aromatic N) is 4. The molecule has 0 saturated heterocycles. The fraction of sp³-hybridized carbons (Fsp3) is 0.206. The van der Waals surface area contributed by atoms with Gasteiger partial charge in [0.1, 0.15) is 5.69 Å². The lowest BCUT2D eigenvalue weighted by Gasteiger charge is -2.25. The lowest BCUT2D eigenvalue weighted by atomic mass is 9.95. The maximum atomic E-state index is 14.2. The van der Waals surface area contributed by atoms with Gasteiger partial charge in [0, 0.05) is 11.8 Å². The molecule has 9 nitrogen and oxygen atoms in total. The van der Waals surface area contributed by atoms with Crippen molar-refractivity contribution in [2.45, 2.75) is 26.8 Å². The Morgan fingerprint density at radius 3 is 2.44 bits per heavy atom. The summed E-state index contributed by atoms with van der Waals surface area (Å²) in [6.07, 6.45) is 3.74. The highest BCUT2D eigenvalue weighted by Gasteiger charge is 2.33. The van der Waals surface area contributed by atoms with Crippen molar-refractivity contribution in [3.05, 3.63) is 126 Å². The van der Waals surface area contributed by atoms with E-state index in [1.165, 1.54) is 23.0 Å². The van der Waals surface area contributed by atoms with Gasteiger partial charge in [-0.05, 0) is 60.2 Å². The van der Waals surface area contributed by atoms with E-state index >= 15 is 0 Å². The Kier molecular flexibility index (Phi) is 8.46. The van der Waals surface area contributed by atoms with Gasteiger partial charge in [0.15, 0.2) is 4.80 Å². The minimum absolute atomic E-state index is 0.128. The Bertz CT molecular complexity index is 2090. The summed E-state index contributed by atoms with van der Waals surface area (Å²) in [5.41, 5.74) is 3.86. The molecule has 1 unspecified atom stereocenters. The molecule has 0 radical (unpaired) electrons. The third kappa shape index (κ3) is 5.96. The molecular weight excluding hydrogens is 609 g/mol. The predicted octanol–water partition coefficient (Wildman–Crippen LogP) is 5.14. The first-order chi connectivity index (χ1) is 21.7. The van der Waals surface area contributed by atoms with Crippen molar-refractivity contribution in [1.29, 1.82) is 0 Å². The Morgan fingerprint density at radius 2 is 1.78 bits per heavy atom. The molecule has 0 spiro atoms. The van der Waals surface area contributed by atoms with Gasteiger partial charge >= 0.3 is 11.9 Å². The molecule has 2 aromatic carbocycles. The van der Waals surface area contributed by atoms with Crippen LogP contribution >= 0.6 is 22.7 Å². The smallest absolute Gasteiger partial charge is 0.338 e. The van der Waals surface area contributed by atoms with Gasteiger partial charge in [0.25, 0.3) is 5.56 Å². The molecule has 45 heavy (non-hydrogen) atoms. The number of hydrogen-bond donors (Lipinski definition) is 0. The molecule has 0 aliphatic carbocycles. The van der Waals surface area contributed by atoms with Gasteiger partial charge in [-0.3, -0.25) is 9.36 Å². The molecule has 0 fully saturated rings. The predicted molar refractivity (Wildman–Crippen MR) is 174 cm³/mol. The number of allylic oxidation sites excluding steroid dienone is 1. The standard InChI is InChI=1S/C34H30N4O5S2/c1-20(2)19-43-33(41)28-21(3)35-34-38(30(28)22-12-14-23(15-13-22)32(40)42-4)31(39)27(45-34)17-24-18-37(25-9-6-5-7-10-25)36-29(24)26-11-8-16-44-26/h5-18,20,30H,19H2,1-4H3. The molecular formula is C34H30N4O5S2. The number of carbonyl (C=O) groups excluding carboxylic acids is 2. The summed E-state index contributed by atoms with van der Waals surface area (Å²) >= 11 is 2.82. The maximum absolute atomic E-state index is 14.2. The molecule has 0 bridgehead atoms. The number of thiazole rings is 1. The van der Waals surface area contributed by atoms with E-state index in [0.29, 0.717) is 26.2 Å². The third-order valence-corrected chi connectivity index (χ3v) is 9.10. The van der Waals surface area contributed by atoms with Gasteiger partial charge in [-0.2, -0.15) is 5.10 Å². The lowest BCUT2D eigenvalue weighted by molar-refractivity contribution is -0.140. The van der Waals surface area contributed by atoms with Gasteiger partial charge in [0.05, 0.1) is 51.7 Å². The molecule has 5 aromatic rings. The second-order valence-corrected chi connectivity index (χ2v) is 12.8. The van der Waals surface area contributed by atoms with Crippen LogP contribution in [0.25, 0.3) is 22.3 Å². The zero-order chi connectivity index (χ0) is 31.7. The third-order valence-electron chi connectivity index (χ3n) is 7.24. The van der Waals surface area contributed by atoms with E-state index in [9.17, 15) is 14.4 Å². The second-order valence-electron chi connectivity index (χ2n) is 10.9. The minimum Gasteiger partial charge on any atom is -0.465 e. The van der Waals surface area contributed by atoms with E-state index in [-0.39, 0.29) is 23.7 Å². The summed E-state index contributed by atoms with van der Waals surface area (Å²) in [4.78, 5) is 46.0. The molecule has 6 rings (SSSR count). The highest BCUT2D eigenvalue weighted by Crippen LogP contribution is 2.32. The van der Waals surface area contributed by atoms with Gasteiger partial charge in [-0.15, -0.1) is 11.3 Å². The van der Waals surface area contributed by atoms with Gasteiger partial charge in [-0.1, -0.05) is 61.6 Å². The number of aromatic nitrogens is 3. The van der Waals surface area contributed by atoms with Crippen LogP contribution in [0.1, 0.15) is 48.3 Å². The maximum Gasteiger partial charge on any atom is 0.338 e. The van der Waals surface area contributed by atoms with E-state index in [2.05, 4.69) is 0 Å². The molecule has 1 aliphatic heterocycles. The van der Waals surface area contributed by atoms with Crippen LogP contribution in [-0.2, 0) is 14.3 Å². The van der Waals surface area contributed by atoms with Crippen LogP contribution in [0, 0.1) is 5.92 Å². The van der Waals surface area contributed by atoms with E-state index in [4.69, 9.17) is 19.6 Å². The van der Waals surface area contributed by atoms with Crippen molar-refractivity contribution in [3.63, 3.8) is 0 Å². The van der Waals surface area contributed by atoms with Crippen LogP contribution < -0.4 is 14.9 Å². The molecule has 0 N–H and O–H groups in total. The summed E-state index contributed by atoms with van der Waals surface area (Å²) in [5.74, 6) is -0.889. The first-order valence-electron chi connectivity index (χ1n) is 14.3. The monoisotopic (exact) mass is 638 g/mol. The number of thiophene rings is 1. The van der Waals surface area contributed by atoms with Crippen molar-refractivity contribution in [1.82, 2.24) is 14.3 Å². The van der Waals surface area contributed by atoms with E-state index in [1.54, 1.807) is 47.2 Å². The van der Waals surface area contributed by atoms with Gasteiger partial charge in [-0.25, -0.2) is 19.3 Å². The van der Waals surface area contributed by atoms with E-state index in [0.717, 1.165) is 21.8 Å². The summed E-state index contributed by atoms with van der Waals surface area (Å²) in [7, 11) is 1.32. The Morgan fingerprint density at radius 1 is 1.02 bits per heavy atom. The van der Waals surface area contributed by atoms with Crippen molar-refractivity contribution < 1.29 is 19.1 Å². The highest BCUT2D eigenvalue weighted by atomic mass is 32.1. The van der Waals surface area contributed by atoms with Crippen LogP contribution in [0.5, 0.6) is 0 Å². The zero-order valence-corrected chi connectivity index (χ0v) is 26.7. The van der Waals surface area contributed by atoms with Crippen LogP contribution in [0.2, 0.25) is 0 Å². The number of fused-ring (bicyclic) bond motifs is 1. The van der Waals surface area contributed by atoms with Crippen molar-refractivity contribution in [3.8, 4) is 16.3 Å². The van der Waals surface area contributed by atoms with Crippen molar-refractivity contribution >= 4 is 40.7 Å². The fourth-order valence-corrected chi connectivity index (χ4v) is 6.86. The molecule has 1 atom stereocenters. The number of para-hydroxylation sites is 1. The fourth-order valence-electron chi connectivity index (χ4n) is 5.09. The summed E-state index contributed by atoms with van der Waals surface area (Å²) in [6, 6.07) is 19.6. The summed E-state index contributed by atoms with van der Waals surface area (Å²) in [6.45, 7) is 5.89. The average molecular weight is 639 g/mol. The molecule has 11 heteroatoms. The Labute approximate surface area is 267 Å². The number of benzene rings is 2. The number of ether oxygens (including phenoxy) is 2. The number of rotatable bonds is 8. The molecule has 1 aliphatic rings. The highest BCUT2D eigenvalue weighted by molar-refractivity contribution is 7.13. The Hall–Kier alpha value is -4.87. The van der Waals surface area contributed by atoms with Crippen LogP contribution in [0.4, 0.5) is 0 Å².